The van der Waals surface area contributed by atoms with Gasteiger partial charge in [-0.05, 0) is 50.4 Å². The molecule has 8 rings (SSSR count). The van der Waals surface area contributed by atoms with Crippen LogP contribution in [0.2, 0.25) is 5.02 Å². The van der Waals surface area contributed by atoms with Crippen molar-refractivity contribution in [1.29, 1.82) is 0 Å². The SMILES string of the molecule is CN1CCC[C@H]1COc1nc2c(c(N3CCn4c(cnc4-c4ccccc4)C3)n1)CCN(c1cccc3cccc(Cl)c13)C2. The number of likely N-dealkylation sites (N-methyl/N-ethyl adjacent to an activating group) is 1. The van der Waals surface area contributed by atoms with Gasteiger partial charge in [0.2, 0.25) is 0 Å². The van der Waals surface area contributed by atoms with Crippen LogP contribution >= 0.6 is 11.6 Å². The molecule has 0 saturated carbocycles. The van der Waals surface area contributed by atoms with E-state index < -0.39 is 0 Å². The van der Waals surface area contributed by atoms with Crippen molar-refractivity contribution >= 4 is 33.9 Å². The van der Waals surface area contributed by atoms with Crippen LogP contribution < -0.4 is 14.5 Å². The number of anilines is 2. The number of likely N-dealkylation sites (tertiary alicyclic amines) is 1. The first-order valence-corrected chi connectivity index (χ1v) is 16.0. The van der Waals surface area contributed by atoms with Crippen LogP contribution in [0.3, 0.4) is 0 Å². The molecule has 0 spiro atoms. The maximum Gasteiger partial charge on any atom is 0.318 e. The van der Waals surface area contributed by atoms with E-state index in [0.29, 0.717) is 25.2 Å². The Labute approximate surface area is 262 Å². The fourth-order valence-corrected chi connectivity index (χ4v) is 7.38. The normalized spacial score (nSPS) is 18.5. The highest BCUT2D eigenvalue weighted by molar-refractivity contribution is 6.36. The molecule has 3 aliphatic heterocycles. The van der Waals surface area contributed by atoms with Crippen LogP contribution in [0.15, 0.2) is 72.9 Å². The summed E-state index contributed by atoms with van der Waals surface area (Å²) in [6.07, 6.45) is 5.21. The summed E-state index contributed by atoms with van der Waals surface area (Å²) in [5.74, 6) is 2.02. The molecule has 9 heteroatoms. The molecule has 0 bridgehead atoms. The number of halogens is 1. The van der Waals surface area contributed by atoms with Gasteiger partial charge in [0, 0.05) is 47.9 Å². The summed E-state index contributed by atoms with van der Waals surface area (Å²) in [6, 6.07) is 23.8. The zero-order chi connectivity index (χ0) is 29.6. The smallest absolute Gasteiger partial charge is 0.318 e. The molecule has 44 heavy (non-hydrogen) atoms. The minimum atomic E-state index is 0.396. The highest BCUT2D eigenvalue weighted by atomic mass is 35.5. The van der Waals surface area contributed by atoms with E-state index in [2.05, 4.69) is 74.8 Å². The number of aromatic nitrogens is 4. The molecule has 3 aromatic carbocycles. The Bertz CT molecular complexity index is 1820. The van der Waals surface area contributed by atoms with Crippen molar-refractivity contribution in [2.24, 2.45) is 0 Å². The number of ether oxygens (including phenoxy) is 1. The zero-order valence-corrected chi connectivity index (χ0v) is 25.7. The van der Waals surface area contributed by atoms with Crippen LogP contribution in [0, 0.1) is 0 Å². The van der Waals surface area contributed by atoms with Crippen molar-refractivity contribution in [3.05, 3.63) is 94.9 Å². The molecule has 224 valence electrons. The van der Waals surface area contributed by atoms with Crippen molar-refractivity contribution in [3.63, 3.8) is 0 Å². The van der Waals surface area contributed by atoms with E-state index in [9.17, 15) is 0 Å². The molecule has 0 aliphatic carbocycles. The molecule has 1 saturated heterocycles. The Kier molecular flexibility index (Phi) is 7.11. The van der Waals surface area contributed by atoms with Crippen LogP contribution in [0.4, 0.5) is 11.5 Å². The number of hydrogen-bond acceptors (Lipinski definition) is 7. The first kappa shape index (κ1) is 27.4. The molecular weight excluding hydrogens is 570 g/mol. The standard InChI is InChI=1S/C35H36ClN7O/c1-40-16-7-12-26(40)23-44-35-38-30-22-41(31-14-6-11-24-10-5-13-29(36)32(24)31)17-15-28(30)34(39-35)42-18-19-43-27(21-42)20-37-33(43)25-8-3-2-4-9-25/h2-6,8-11,13-14,20,26H,7,12,15-19,21-23H2,1H3/t26-/m0/s1. The third-order valence-corrected chi connectivity index (χ3v) is 9.80. The second-order valence-corrected chi connectivity index (χ2v) is 12.5. The highest BCUT2D eigenvalue weighted by Gasteiger charge is 2.30. The van der Waals surface area contributed by atoms with E-state index in [1.165, 1.54) is 17.7 Å². The molecule has 0 radical (unpaired) electrons. The van der Waals surface area contributed by atoms with Gasteiger partial charge >= 0.3 is 6.01 Å². The average Bonchev–Trinajstić information content (AvgIpc) is 3.68. The average molecular weight is 606 g/mol. The lowest BCUT2D eigenvalue weighted by Gasteiger charge is -2.36. The Hall–Kier alpha value is -4.14. The van der Waals surface area contributed by atoms with Crippen LogP contribution in [0.5, 0.6) is 6.01 Å². The van der Waals surface area contributed by atoms with Crippen molar-refractivity contribution in [2.75, 3.05) is 43.1 Å². The molecule has 1 fully saturated rings. The number of imidazole rings is 1. The summed E-state index contributed by atoms with van der Waals surface area (Å²) in [6.45, 7) is 5.70. The van der Waals surface area contributed by atoms with Crippen molar-refractivity contribution < 1.29 is 4.74 Å². The number of nitrogens with zero attached hydrogens (tertiary/aromatic N) is 7. The van der Waals surface area contributed by atoms with Crippen molar-refractivity contribution in [2.45, 2.75) is 44.9 Å². The Balaban J connectivity index is 1.13. The van der Waals surface area contributed by atoms with E-state index in [0.717, 1.165) is 89.9 Å². The van der Waals surface area contributed by atoms with Crippen LogP contribution in [-0.2, 0) is 26.1 Å². The third-order valence-electron chi connectivity index (χ3n) is 9.49. The molecule has 5 aromatic rings. The fourth-order valence-electron chi connectivity index (χ4n) is 7.10. The topological polar surface area (TPSA) is 62.6 Å². The minimum absolute atomic E-state index is 0.396. The molecule has 1 atom stereocenters. The first-order valence-electron chi connectivity index (χ1n) is 15.6. The minimum Gasteiger partial charge on any atom is -0.462 e. The lowest BCUT2D eigenvalue weighted by atomic mass is 10.0. The third kappa shape index (κ3) is 4.96. The van der Waals surface area contributed by atoms with Gasteiger partial charge in [-0.25, -0.2) is 4.98 Å². The van der Waals surface area contributed by atoms with E-state index >= 15 is 0 Å². The predicted molar refractivity (Wildman–Crippen MR) is 176 cm³/mol. The van der Waals surface area contributed by atoms with Gasteiger partial charge in [0.15, 0.2) is 0 Å². The van der Waals surface area contributed by atoms with Gasteiger partial charge in [-0.2, -0.15) is 9.97 Å². The molecule has 8 nitrogen and oxygen atoms in total. The Morgan fingerprint density at radius 2 is 1.75 bits per heavy atom. The van der Waals surface area contributed by atoms with E-state index in [1.807, 2.05) is 24.4 Å². The molecule has 0 N–H and O–H groups in total. The first-order chi connectivity index (χ1) is 21.6. The number of benzene rings is 3. The van der Waals surface area contributed by atoms with Gasteiger partial charge in [0.25, 0.3) is 0 Å². The van der Waals surface area contributed by atoms with Crippen LogP contribution in [0.1, 0.15) is 29.8 Å². The second kappa shape index (κ2) is 11.4. The Morgan fingerprint density at radius 3 is 2.59 bits per heavy atom. The number of rotatable bonds is 6. The van der Waals surface area contributed by atoms with Gasteiger partial charge < -0.3 is 24.0 Å². The summed E-state index contributed by atoms with van der Waals surface area (Å²) in [5.41, 5.74) is 5.73. The van der Waals surface area contributed by atoms with Crippen LogP contribution in [0.25, 0.3) is 22.2 Å². The van der Waals surface area contributed by atoms with Crippen molar-refractivity contribution in [1.82, 2.24) is 24.4 Å². The summed E-state index contributed by atoms with van der Waals surface area (Å²) in [7, 11) is 2.17. The molecule has 0 amide bonds. The van der Waals surface area contributed by atoms with Gasteiger partial charge in [-0.3, -0.25) is 0 Å². The largest absolute Gasteiger partial charge is 0.462 e. The van der Waals surface area contributed by atoms with Gasteiger partial charge in [-0.15, -0.1) is 0 Å². The van der Waals surface area contributed by atoms with Crippen molar-refractivity contribution in [3.8, 4) is 17.4 Å². The number of fused-ring (bicyclic) bond motifs is 3. The number of hydrogen-bond donors (Lipinski definition) is 0. The van der Waals surface area contributed by atoms with E-state index in [4.69, 9.17) is 31.3 Å². The fraction of sp³-hybridized carbons (Fsp3) is 0.343. The second-order valence-electron chi connectivity index (χ2n) is 12.1. The molecule has 5 heterocycles. The zero-order valence-electron chi connectivity index (χ0n) is 25.0. The summed E-state index contributed by atoms with van der Waals surface area (Å²) >= 11 is 6.74. The van der Waals surface area contributed by atoms with Gasteiger partial charge in [0.1, 0.15) is 18.2 Å². The van der Waals surface area contributed by atoms with Gasteiger partial charge in [-0.1, -0.05) is 66.2 Å². The molecular formula is C35H36ClN7O. The quantitative estimate of drug-likeness (QED) is 0.228. The maximum absolute atomic E-state index is 6.74. The Morgan fingerprint density at radius 1 is 0.886 bits per heavy atom. The van der Waals surface area contributed by atoms with Gasteiger partial charge in [0.05, 0.1) is 35.7 Å². The maximum atomic E-state index is 6.74. The molecule has 2 aromatic heterocycles. The monoisotopic (exact) mass is 605 g/mol. The molecule has 3 aliphatic rings. The molecule has 0 unspecified atom stereocenters. The predicted octanol–water partition coefficient (Wildman–Crippen LogP) is 6.20. The summed E-state index contributed by atoms with van der Waals surface area (Å²) < 4.78 is 8.72. The lowest BCUT2D eigenvalue weighted by Crippen LogP contribution is -2.38. The highest BCUT2D eigenvalue weighted by Crippen LogP contribution is 2.38. The lowest BCUT2D eigenvalue weighted by molar-refractivity contribution is 0.187. The van der Waals surface area contributed by atoms with E-state index in [-0.39, 0.29) is 0 Å². The summed E-state index contributed by atoms with van der Waals surface area (Å²) in [4.78, 5) is 22.1. The summed E-state index contributed by atoms with van der Waals surface area (Å²) in [5, 5.41) is 3.01. The van der Waals surface area contributed by atoms with Crippen LogP contribution in [-0.4, -0.2) is 63.7 Å². The van der Waals surface area contributed by atoms with E-state index in [1.54, 1.807) is 0 Å².